The molecule has 0 unspecified atom stereocenters. The number of carbonyl (C=O) groups excluding carboxylic acids is 1. The average Bonchev–Trinajstić information content (AvgIpc) is 3.02. The molecule has 0 aliphatic heterocycles. The molecule has 0 radical (unpaired) electrons. The summed E-state index contributed by atoms with van der Waals surface area (Å²) in [5.74, 6) is 0.195. The average molecular weight is 357 g/mol. The van der Waals surface area contributed by atoms with E-state index in [1.807, 2.05) is 30.3 Å². The zero-order valence-corrected chi connectivity index (χ0v) is 14.7. The van der Waals surface area contributed by atoms with Crippen molar-refractivity contribution in [1.82, 2.24) is 5.32 Å². The van der Waals surface area contributed by atoms with Crippen LogP contribution in [0.1, 0.15) is 29.5 Å². The van der Waals surface area contributed by atoms with Gasteiger partial charge in [-0.1, -0.05) is 37.3 Å². The summed E-state index contributed by atoms with van der Waals surface area (Å²) in [6.45, 7) is 1.98. The number of sulfone groups is 1. The first kappa shape index (κ1) is 17.2. The van der Waals surface area contributed by atoms with Gasteiger partial charge >= 0.3 is 0 Å². The number of furan rings is 1. The predicted molar refractivity (Wildman–Crippen MR) is 96.2 cm³/mol. The zero-order valence-electron chi connectivity index (χ0n) is 13.9. The zero-order chi connectivity index (χ0) is 17.9. The van der Waals surface area contributed by atoms with Crippen LogP contribution in [0.25, 0.3) is 11.0 Å². The van der Waals surface area contributed by atoms with Crippen molar-refractivity contribution in [2.45, 2.75) is 24.8 Å². The van der Waals surface area contributed by atoms with E-state index in [1.54, 1.807) is 19.1 Å². The van der Waals surface area contributed by atoms with E-state index in [0.29, 0.717) is 12.2 Å². The van der Waals surface area contributed by atoms with E-state index in [1.165, 1.54) is 12.1 Å². The molecule has 0 aliphatic rings. The number of amides is 1. The maximum atomic E-state index is 12.5. The van der Waals surface area contributed by atoms with Crippen molar-refractivity contribution >= 4 is 26.7 Å². The van der Waals surface area contributed by atoms with Crippen LogP contribution in [0.2, 0.25) is 0 Å². The Morgan fingerprint density at radius 2 is 1.80 bits per heavy atom. The normalized spacial score (nSPS) is 11.6. The highest BCUT2D eigenvalue weighted by atomic mass is 32.2. The molecule has 130 valence electrons. The molecule has 0 spiro atoms. The number of rotatable bonds is 6. The van der Waals surface area contributed by atoms with Crippen molar-refractivity contribution in [3.05, 3.63) is 65.9 Å². The van der Waals surface area contributed by atoms with Crippen molar-refractivity contribution in [2.75, 3.05) is 5.75 Å². The number of nitrogens with one attached hydrogen (secondary N) is 1. The van der Waals surface area contributed by atoms with Gasteiger partial charge in [-0.05, 0) is 30.7 Å². The Hall–Kier alpha value is -2.60. The lowest BCUT2D eigenvalue weighted by molar-refractivity contribution is 0.0945. The standard InChI is InChI=1S/C19H19NO4S/c1-2-11-25(22,23)18-10-6-4-8-16(18)19(21)20-13-15-12-14-7-3-5-9-17(14)24-15/h3-10,12H,2,11,13H2,1H3,(H,20,21). The van der Waals surface area contributed by atoms with Crippen LogP contribution in [-0.2, 0) is 16.4 Å². The van der Waals surface area contributed by atoms with Crippen LogP contribution in [0.15, 0.2) is 63.9 Å². The van der Waals surface area contributed by atoms with Crippen LogP contribution in [0.5, 0.6) is 0 Å². The van der Waals surface area contributed by atoms with E-state index in [4.69, 9.17) is 4.42 Å². The highest BCUT2D eigenvalue weighted by Gasteiger charge is 2.21. The van der Waals surface area contributed by atoms with Gasteiger partial charge in [-0.3, -0.25) is 4.79 Å². The number of hydrogen-bond acceptors (Lipinski definition) is 4. The Morgan fingerprint density at radius 3 is 2.56 bits per heavy atom. The van der Waals surface area contributed by atoms with E-state index >= 15 is 0 Å². The molecule has 0 bridgehead atoms. The molecular weight excluding hydrogens is 338 g/mol. The van der Waals surface area contributed by atoms with E-state index in [0.717, 1.165) is 11.0 Å². The van der Waals surface area contributed by atoms with Gasteiger partial charge in [0.15, 0.2) is 9.84 Å². The molecule has 3 rings (SSSR count). The largest absolute Gasteiger partial charge is 0.459 e. The number of benzene rings is 2. The first-order chi connectivity index (χ1) is 12.0. The van der Waals surface area contributed by atoms with Crippen LogP contribution in [0, 0.1) is 0 Å². The third-order valence-electron chi connectivity index (χ3n) is 3.84. The maximum absolute atomic E-state index is 12.5. The Kier molecular flexibility index (Phi) is 4.90. The Labute approximate surface area is 146 Å². The second-order valence-electron chi connectivity index (χ2n) is 5.75. The van der Waals surface area contributed by atoms with E-state index in [2.05, 4.69) is 5.32 Å². The van der Waals surface area contributed by atoms with Crippen LogP contribution in [0.4, 0.5) is 0 Å². The molecule has 0 saturated carbocycles. The lowest BCUT2D eigenvalue weighted by Crippen LogP contribution is -2.25. The minimum absolute atomic E-state index is 0.0147. The molecule has 1 amide bonds. The van der Waals surface area contributed by atoms with Crippen LogP contribution in [-0.4, -0.2) is 20.1 Å². The molecule has 0 saturated heterocycles. The van der Waals surface area contributed by atoms with Gasteiger partial charge in [0.2, 0.25) is 0 Å². The summed E-state index contributed by atoms with van der Waals surface area (Å²) in [4.78, 5) is 12.6. The third kappa shape index (κ3) is 3.74. The quantitative estimate of drug-likeness (QED) is 0.732. The van der Waals surface area contributed by atoms with Crippen molar-refractivity contribution in [1.29, 1.82) is 0 Å². The first-order valence-corrected chi connectivity index (χ1v) is 9.74. The second kappa shape index (κ2) is 7.11. The van der Waals surface area contributed by atoms with Crippen molar-refractivity contribution in [3.8, 4) is 0 Å². The number of hydrogen-bond donors (Lipinski definition) is 1. The molecule has 5 nitrogen and oxygen atoms in total. The van der Waals surface area contributed by atoms with Crippen LogP contribution < -0.4 is 5.32 Å². The Balaban J connectivity index is 1.80. The highest BCUT2D eigenvalue weighted by Crippen LogP contribution is 2.20. The number of fused-ring (bicyclic) bond motifs is 1. The van der Waals surface area contributed by atoms with E-state index in [9.17, 15) is 13.2 Å². The van der Waals surface area contributed by atoms with Crippen molar-refractivity contribution in [3.63, 3.8) is 0 Å². The molecular formula is C19H19NO4S. The fraction of sp³-hybridized carbons (Fsp3) is 0.211. The summed E-state index contributed by atoms with van der Waals surface area (Å²) in [6.07, 6.45) is 0.497. The number of carbonyl (C=O) groups is 1. The molecule has 2 aromatic carbocycles. The topological polar surface area (TPSA) is 76.4 Å². The smallest absolute Gasteiger partial charge is 0.252 e. The van der Waals surface area contributed by atoms with Gasteiger partial charge in [-0.2, -0.15) is 0 Å². The van der Waals surface area contributed by atoms with Gasteiger partial charge < -0.3 is 9.73 Å². The lowest BCUT2D eigenvalue weighted by Gasteiger charge is -2.10. The molecule has 0 fully saturated rings. The first-order valence-electron chi connectivity index (χ1n) is 8.08. The molecule has 0 aliphatic carbocycles. The molecule has 1 aromatic heterocycles. The van der Waals surface area contributed by atoms with Gasteiger partial charge in [-0.15, -0.1) is 0 Å². The second-order valence-corrected chi connectivity index (χ2v) is 7.83. The van der Waals surface area contributed by atoms with E-state index in [-0.39, 0.29) is 22.8 Å². The molecule has 0 atom stereocenters. The molecule has 1 N–H and O–H groups in total. The summed E-state index contributed by atoms with van der Waals surface area (Å²) in [5.41, 5.74) is 0.907. The Bertz CT molecular complexity index is 972. The minimum Gasteiger partial charge on any atom is -0.459 e. The fourth-order valence-electron chi connectivity index (χ4n) is 2.69. The van der Waals surface area contributed by atoms with Gasteiger partial charge in [0, 0.05) is 5.39 Å². The monoisotopic (exact) mass is 357 g/mol. The SMILES string of the molecule is CCCS(=O)(=O)c1ccccc1C(=O)NCc1cc2ccccc2o1. The van der Waals surface area contributed by atoms with Crippen LogP contribution >= 0.6 is 0 Å². The minimum atomic E-state index is -3.47. The maximum Gasteiger partial charge on any atom is 0.252 e. The van der Waals surface area contributed by atoms with Gasteiger partial charge in [-0.25, -0.2) is 8.42 Å². The number of para-hydroxylation sites is 1. The van der Waals surface area contributed by atoms with Gasteiger partial charge in [0.25, 0.3) is 5.91 Å². The third-order valence-corrected chi connectivity index (χ3v) is 5.81. The predicted octanol–water partition coefficient (Wildman–Crippen LogP) is 3.55. The highest BCUT2D eigenvalue weighted by molar-refractivity contribution is 7.91. The lowest BCUT2D eigenvalue weighted by atomic mass is 10.2. The molecule has 1 heterocycles. The summed E-state index contributed by atoms with van der Waals surface area (Å²) in [5, 5.41) is 3.69. The van der Waals surface area contributed by atoms with Crippen molar-refractivity contribution < 1.29 is 17.6 Å². The molecule has 6 heteroatoms. The summed E-state index contributed by atoms with van der Waals surface area (Å²) in [6, 6.07) is 15.7. The van der Waals surface area contributed by atoms with Crippen molar-refractivity contribution in [2.24, 2.45) is 0 Å². The summed E-state index contributed by atoms with van der Waals surface area (Å²) >= 11 is 0. The molecule has 3 aromatic rings. The van der Waals surface area contributed by atoms with E-state index < -0.39 is 15.7 Å². The summed E-state index contributed by atoms with van der Waals surface area (Å²) in [7, 11) is -3.47. The fourth-order valence-corrected chi connectivity index (χ4v) is 4.23. The van der Waals surface area contributed by atoms with Gasteiger partial charge in [0.1, 0.15) is 11.3 Å². The summed E-state index contributed by atoms with van der Waals surface area (Å²) < 4.78 is 30.4. The van der Waals surface area contributed by atoms with Gasteiger partial charge in [0.05, 0.1) is 22.8 Å². The molecule has 25 heavy (non-hydrogen) atoms. The Morgan fingerprint density at radius 1 is 1.08 bits per heavy atom. The van der Waals surface area contributed by atoms with Crippen LogP contribution in [0.3, 0.4) is 0 Å².